The Balaban J connectivity index is 1.72. The molecular formula is C18H19F3N4O2. The minimum Gasteiger partial charge on any atom is -0.324 e. The van der Waals surface area contributed by atoms with Gasteiger partial charge in [-0.05, 0) is 19.1 Å². The number of aryl methyl sites for hydroxylation is 1. The fraction of sp³-hybridized carbons (Fsp3) is 0.389. The Kier molecular flexibility index (Phi) is 5.05. The number of hydrogen-bond donors (Lipinski definition) is 1. The van der Waals surface area contributed by atoms with E-state index in [0.717, 1.165) is 11.8 Å². The number of carbonyl (C=O) groups excluding carboxylic acids is 1. The Morgan fingerprint density at radius 1 is 1.30 bits per heavy atom. The summed E-state index contributed by atoms with van der Waals surface area (Å²) in [4.78, 5) is 30.8. The van der Waals surface area contributed by atoms with Gasteiger partial charge in [0.25, 0.3) is 5.56 Å². The zero-order valence-corrected chi connectivity index (χ0v) is 14.9. The molecule has 0 saturated carbocycles. The van der Waals surface area contributed by atoms with E-state index in [2.05, 4.69) is 10.3 Å². The molecule has 6 nitrogen and oxygen atoms in total. The van der Waals surface area contributed by atoms with E-state index in [0.29, 0.717) is 24.4 Å². The van der Waals surface area contributed by atoms with Crippen molar-refractivity contribution in [2.24, 2.45) is 7.05 Å². The van der Waals surface area contributed by atoms with Gasteiger partial charge in [-0.3, -0.25) is 19.1 Å². The molecule has 1 aromatic heterocycles. The smallest absolute Gasteiger partial charge is 0.324 e. The monoisotopic (exact) mass is 380 g/mol. The second-order valence-electron chi connectivity index (χ2n) is 6.50. The Bertz CT molecular complexity index is 937. The quantitative estimate of drug-likeness (QED) is 0.886. The van der Waals surface area contributed by atoms with Crippen LogP contribution < -0.4 is 10.9 Å². The summed E-state index contributed by atoms with van der Waals surface area (Å²) in [5.41, 5.74) is -0.0889. The van der Waals surface area contributed by atoms with Crippen LogP contribution in [0.4, 0.5) is 18.9 Å². The van der Waals surface area contributed by atoms with E-state index in [4.69, 9.17) is 0 Å². The van der Waals surface area contributed by atoms with Crippen LogP contribution in [0.15, 0.2) is 29.1 Å². The molecule has 0 aliphatic carbocycles. The van der Waals surface area contributed by atoms with Gasteiger partial charge in [-0.15, -0.1) is 0 Å². The molecule has 0 radical (unpaired) electrons. The molecule has 27 heavy (non-hydrogen) atoms. The molecule has 3 rings (SSSR count). The molecule has 0 spiro atoms. The van der Waals surface area contributed by atoms with Gasteiger partial charge in [-0.25, -0.2) is 4.98 Å². The van der Waals surface area contributed by atoms with E-state index >= 15 is 0 Å². The minimum atomic E-state index is -4.55. The first-order chi connectivity index (χ1) is 12.7. The summed E-state index contributed by atoms with van der Waals surface area (Å²) in [7, 11) is 1.63. The predicted octanol–water partition coefficient (Wildman–Crippen LogP) is 2.10. The summed E-state index contributed by atoms with van der Waals surface area (Å²) in [6.07, 6.45) is -4.04. The number of aromatic nitrogens is 2. The molecule has 1 aliphatic heterocycles. The maximum Gasteiger partial charge on any atom is 0.418 e. The SMILES string of the molecule is Cc1nc2c(c(=O)n1C)CN(CC(=O)Nc1ccccc1C(F)(F)F)CC2. The van der Waals surface area contributed by atoms with Crippen LogP contribution in [0.25, 0.3) is 0 Å². The Hall–Kier alpha value is -2.68. The van der Waals surface area contributed by atoms with Gasteiger partial charge in [0, 0.05) is 26.6 Å². The van der Waals surface area contributed by atoms with Crippen LogP contribution in [0.5, 0.6) is 0 Å². The lowest BCUT2D eigenvalue weighted by atomic mass is 10.1. The number of para-hydroxylation sites is 1. The summed E-state index contributed by atoms with van der Waals surface area (Å²) in [5.74, 6) is 0.0562. The molecule has 0 bridgehead atoms. The van der Waals surface area contributed by atoms with Crippen LogP contribution in [-0.2, 0) is 31.0 Å². The summed E-state index contributed by atoms with van der Waals surface area (Å²) in [6.45, 7) is 2.38. The van der Waals surface area contributed by atoms with E-state index < -0.39 is 17.6 Å². The van der Waals surface area contributed by atoms with Crippen molar-refractivity contribution in [2.45, 2.75) is 26.1 Å². The highest BCUT2D eigenvalue weighted by Gasteiger charge is 2.33. The van der Waals surface area contributed by atoms with Crippen molar-refractivity contribution in [3.05, 3.63) is 57.3 Å². The van der Waals surface area contributed by atoms with Crippen molar-refractivity contribution in [3.63, 3.8) is 0 Å². The van der Waals surface area contributed by atoms with Gasteiger partial charge in [0.15, 0.2) is 0 Å². The molecule has 2 aromatic rings. The number of fused-ring (bicyclic) bond motifs is 1. The van der Waals surface area contributed by atoms with Crippen molar-refractivity contribution in [3.8, 4) is 0 Å². The molecule has 1 aliphatic rings. The molecule has 2 heterocycles. The maximum atomic E-state index is 13.0. The van der Waals surface area contributed by atoms with Crippen LogP contribution >= 0.6 is 0 Å². The predicted molar refractivity (Wildman–Crippen MR) is 93.3 cm³/mol. The van der Waals surface area contributed by atoms with Gasteiger partial charge in [-0.1, -0.05) is 12.1 Å². The molecule has 0 atom stereocenters. The average molecular weight is 380 g/mol. The maximum absolute atomic E-state index is 13.0. The van der Waals surface area contributed by atoms with Crippen LogP contribution in [0, 0.1) is 6.92 Å². The van der Waals surface area contributed by atoms with Crippen molar-refractivity contribution >= 4 is 11.6 Å². The number of nitrogens with zero attached hydrogens (tertiary/aromatic N) is 3. The number of nitrogens with one attached hydrogen (secondary N) is 1. The lowest BCUT2D eigenvalue weighted by Crippen LogP contribution is -2.41. The summed E-state index contributed by atoms with van der Waals surface area (Å²) < 4.78 is 40.5. The van der Waals surface area contributed by atoms with E-state index in [1.807, 2.05) is 0 Å². The fourth-order valence-electron chi connectivity index (χ4n) is 3.11. The number of carbonyl (C=O) groups is 1. The van der Waals surface area contributed by atoms with Crippen molar-refractivity contribution in [1.29, 1.82) is 0 Å². The first kappa shape index (κ1) is 19.1. The minimum absolute atomic E-state index is 0.108. The molecule has 1 N–H and O–H groups in total. The zero-order valence-electron chi connectivity index (χ0n) is 14.9. The van der Waals surface area contributed by atoms with Crippen LogP contribution in [-0.4, -0.2) is 33.4 Å². The lowest BCUT2D eigenvalue weighted by Gasteiger charge is -2.27. The van der Waals surface area contributed by atoms with Gasteiger partial charge < -0.3 is 5.32 Å². The standard InChI is InChI=1S/C18H19F3N4O2/c1-11-22-14-7-8-25(9-12(14)17(27)24(11)2)10-16(26)23-15-6-4-3-5-13(15)18(19,20)21/h3-6H,7-10H2,1-2H3,(H,23,26). The molecular weight excluding hydrogens is 361 g/mol. The van der Waals surface area contributed by atoms with Gasteiger partial charge >= 0.3 is 6.18 Å². The Labute approximate surface area is 153 Å². The topological polar surface area (TPSA) is 67.2 Å². The molecule has 0 unspecified atom stereocenters. The van der Waals surface area contributed by atoms with E-state index in [-0.39, 0.29) is 24.3 Å². The second kappa shape index (κ2) is 7.15. The second-order valence-corrected chi connectivity index (χ2v) is 6.50. The fourth-order valence-corrected chi connectivity index (χ4v) is 3.11. The van der Waals surface area contributed by atoms with Crippen LogP contribution in [0.3, 0.4) is 0 Å². The van der Waals surface area contributed by atoms with Crippen LogP contribution in [0.2, 0.25) is 0 Å². The summed E-state index contributed by atoms with van der Waals surface area (Å²) in [5, 5.41) is 2.32. The molecule has 144 valence electrons. The van der Waals surface area contributed by atoms with E-state index in [1.165, 1.54) is 22.8 Å². The van der Waals surface area contributed by atoms with Crippen molar-refractivity contribution in [2.75, 3.05) is 18.4 Å². The third-order valence-corrected chi connectivity index (χ3v) is 4.61. The Morgan fingerprint density at radius 3 is 2.70 bits per heavy atom. The van der Waals surface area contributed by atoms with Gasteiger partial charge in [0.05, 0.1) is 29.1 Å². The Morgan fingerprint density at radius 2 is 2.00 bits per heavy atom. The summed E-state index contributed by atoms with van der Waals surface area (Å²) >= 11 is 0. The molecule has 0 fully saturated rings. The number of hydrogen-bond acceptors (Lipinski definition) is 4. The first-order valence-electron chi connectivity index (χ1n) is 8.40. The number of halogens is 3. The van der Waals surface area contributed by atoms with Crippen LogP contribution in [0.1, 0.15) is 22.6 Å². The highest BCUT2D eigenvalue weighted by Crippen LogP contribution is 2.34. The average Bonchev–Trinajstić information content (AvgIpc) is 2.60. The molecule has 0 saturated heterocycles. The van der Waals surface area contributed by atoms with Gasteiger partial charge in [-0.2, -0.15) is 13.2 Å². The third kappa shape index (κ3) is 4.02. The normalized spacial score (nSPS) is 14.7. The highest BCUT2D eigenvalue weighted by atomic mass is 19.4. The molecule has 1 amide bonds. The number of amides is 1. The number of anilines is 1. The highest BCUT2D eigenvalue weighted by molar-refractivity contribution is 5.93. The summed E-state index contributed by atoms with van der Waals surface area (Å²) in [6, 6.07) is 4.84. The number of benzene rings is 1. The molecule has 1 aromatic carbocycles. The van der Waals surface area contributed by atoms with Crippen molar-refractivity contribution < 1.29 is 18.0 Å². The number of alkyl halides is 3. The molecule has 9 heteroatoms. The third-order valence-electron chi connectivity index (χ3n) is 4.61. The van der Waals surface area contributed by atoms with E-state index in [1.54, 1.807) is 18.9 Å². The van der Waals surface area contributed by atoms with Crippen molar-refractivity contribution in [1.82, 2.24) is 14.5 Å². The van der Waals surface area contributed by atoms with Gasteiger partial charge in [0.2, 0.25) is 5.91 Å². The number of rotatable bonds is 3. The van der Waals surface area contributed by atoms with Gasteiger partial charge in [0.1, 0.15) is 5.82 Å². The lowest BCUT2D eigenvalue weighted by molar-refractivity contribution is -0.137. The first-order valence-corrected chi connectivity index (χ1v) is 8.40. The largest absolute Gasteiger partial charge is 0.418 e. The van der Waals surface area contributed by atoms with E-state index in [9.17, 15) is 22.8 Å². The zero-order chi connectivity index (χ0) is 19.8.